The van der Waals surface area contributed by atoms with Gasteiger partial charge in [-0.3, -0.25) is 4.79 Å². The number of ether oxygens (including phenoxy) is 1. The highest BCUT2D eigenvalue weighted by Crippen LogP contribution is 2.27. The molecular formula is C23H27N3O4S2. The van der Waals surface area contributed by atoms with Crippen molar-refractivity contribution < 1.29 is 17.9 Å². The minimum atomic E-state index is -3.56. The number of fused-ring (bicyclic) bond motifs is 1. The number of carbonyl (C=O) groups excluding carboxylic acids is 1. The van der Waals surface area contributed by atoms with Crippen LogP contribution in [0.15, 0.2) is 52.4 Å². The molecule has 32 heavy (non-hydrogen) atoms. The third-order valence-corrected chi connectivity index (χ3v) is 8.68. The molecular weight excluding hydrogens is 446 g/mol. The first-order valence-electron chi connectivity index (χ1n) is 10.7. The van der Waals surface area contributed by atoms with Crippen molar-refractivity contribution in [2.24, 2.45) is 10.9 Å². The molecule has 0 spiro atoms. The number of aryl methyl sites for hydroxylation is 1. The van der Waals surface area contributed by atoms with Gasteiger partial charge in [0.25, 0.3) is 5.91 Å². The fourth-order valence-electron chi connectivity index (χ4n) is 4.08. The van der Waals surface area contributed by atoms with Crippen LogP contribution in [0.1, 0.15) is 37.0 Å². The Kier molecular flexibility index (Phi) is 6.50. The predicted molar refractivity (Wildman–Crippen MR) is 126 cm³/mol. The summed E-state index contributed by atoms with van der Waals surface area (Å²) in [6.07, 6.45) is 1.91. The van der Waals surface area contributed by atoms with E-state index < -0.39 is 15.9 Å². The van der Waals surface area contributed by atoms with E-state index in [1.54, 1.807) is 7.11 Å². The lowest BCUT2D eigenvalue weighted by Gasteiger charge is -2.30. The van der Waals surface area contributed by atoms with Crippen LogP contribution in [0.5, 0.6) is 5.75 Å². The number of amides is 1. The van der Waals surface area contributed by atoms with Gasteiger partial charge in [-0.2, -0.15) is 9.30 Å². The normalized spacial score (nSPS) is 18.2. The average Bonchev–Trinajstić information content (AvgIpc) is 3.16. The molecule has 0 saturated carbocycles. The number of carbonyl (C=O) groups is 1. The number of thiazole rings is 1. The first-order valence-corrected chi connectivity index (χ1v) is 13.0. The van der Waals surface area contributed by atoms with E-state index in [-0.39, 0.29) is 4.90 Å². The van der Waals surface area contributed by atoms with Crippen LogP contribution >= 0.6 is 11.3 Å². The molecule has 2 aromatic carbocycles. The van der Waals surface area contributed by atoms with Gasteiger partial charge in [-0.15, -0.1) is 0 Å². The zero-order valence-electron chi connectivity index (χ0n) is 18.4. The molecule has 9 heteroatoms. The van der Waals surface area contributed by atoms with Gasteiger partial charge >= 0.3 is 0 Å². The monoisotopic (exact) mass is 473 g/mol. The molecule has 1 amide bonds. The zero-order chi connectivity index (χ0) is 22.9. The summed E-state index contributed by atoms with van der Waals surface area (Å²) in [4.78, 5) is 18.0. The van der Waals surface area contributed by atoms with Crippen molar-refractivity contribution in [3.8, 4) is 5.75 Å². The first kappa shape index (κ1) is 22.7. The Morgan fingerprint density at radius 3 is 2.62 bits per heavy atom. The summed E-state index contributed by atoms with van der Waals surface area (Å²) < 4.78 is 35.8. The summed E-state index contributed by atoms with van der Waals surface area (Å²) in [7, 11) is -1.94. The molecule has 4 rings (SSSR count). The van der Waals surface area contributed by atoms with E-state index in [9.17, 15) is 13.2 Å². The highest BCUT2D eigenvalue weighted by Gasteiger charge is 2.28. The number of rotatable bonds is 5. The molecule has 1 aromatic heterocycles. The van der Waals surface area contributed by atoms with Crippen molar-refractivity contribution in [3.05, 3.63) is 52.8 Å². The number of hydrogen-bond acceptors (Lipinski definition) is 5. The highest BCUT2D eigenvalue weighted by molar-refractivity contribution is 7.89. The molecule has 1 aliphatic rings. The lowest BCUT2D eigenvalue weighted by atomic mass is 10.0. The maximum Gasteiger partial charge on any atom is 0.279 e. The average molecular weight is 474 g/mol. The van der Waals surface area contributed by atoms with Gasteiger partial charge in [0.15, 0.2) is 4.80 Å². The Bertz CT molecular complexity index is 1310. The highest BCUT2D eigenvalue weighted by atomic mass is 32.2. The smallest absolute Gasteiger partial charge is 0.279 e. The molecule has 0 radical (unpaired) electrons. The number of methoxy groups -OCH3 is 1. The summed E-state index contributed by atoms with van der Waals surface area (Å²) in [6, 6.07) is 11.8. The molecule has 3 aromatic rings. The Morgan fingerprint density at radius 1 is 1.22 bits per heavy atom. The summed E-state index contributed by atoms with van der Waals surface area (Å²) in [5.74, 6) is 0.674. The summed E-state index contributed by atoms with van der Waals surface area (Å²) in [6.45, 7) is 5.76. The molecule has 1 aliphatic heterocycles. The maximum absolute atomic E-state index is 13.0. The SMILES string of the molecule is CCn1c(=NC(=O)c2ccc(S(=O)(=O)N3CCCC(C)C3)cc2)sc2cccc(OC)c21. The van der Waals surface area contributed by atoms with E-state index in [1.807, 2.05) is 29.7 Å². The van der Waals surface area contributed by atoms with Crippen LogP contribution in [0.25, 0.3) is 10.2 Å². The predicted octanol–water partition coefficient (Wildman–Crippen LogP) is 3.89. The number of sulfonamides is 1. The number of para-hydroxylation sites is 1. The van der Waals surface area contributed by atoms with Gasteiger partial charge in [0, 0.05) is 25.2 Å². The molecule has 1 saturated heterocycles. The third kappa shape index (κ3) is 4.24. The second kappa shape index (κ2) is 9.17. The second-order valence-electron chi connectivity index (χ2n) is 7.99. The van der Waals surface area contributed by atoms with Gasteiger partial charge in [0.05, 0.1) is 16.7 Å². The van der Waals surface area contributed by atoms with Crippen LogP contribution in [0.4, 0.5) is 0 Å². The van der Waals surface area contributed by atoms with Gasteiger partial charge in [0.1, 0.15) is 11.3 Å². The number of benzene rings is 2. The van der Waals surface area contributed by atoms with Crippen LogP contribution in [0, 0.1) is 5.92 Å². The van der Waals surface area contributed by atoms with Gasteiger partial charge in [-0.25, -0.2) is 8.42 Å². The number of aromatic nitrogens is 1. The Balaban J connectivity index is 1.64. The standard InChI is InChI=1S/C23H27N3O4S2/c1-4-26-21-19(30-3)8-5-9-20(21)31-23(26)24-22(27)17-10-12-18(13-11-17)32(28,29)25-14-6-7-16(2)15-25/h5,8-13,16H,4,6-7,14-15H2,1-3H3. The molecule has 7 nitrogen and oxygen atoms in total. The van der Waals surface area contributed by atoms with E-state index >= 15 is 0 Å². The van der Waals surface area contributed by atoms with Gasteiger partial charge < -0.3 is 9.30 Å². The van der Waals surface area contributed by atoms with Gasteiger partial charge in [-0.1, -0.05) is 24.3 Å². The van der Waals surface area contributed by atoms with Crippen LogP contribution in [0.2, 0.25) is 0 Å². The van der Waals surface area contributed by atoms with Crippen molar-refractivity contribution in [2.45, 2.75) is 38.1 Å². The van der Waals surface area contributed by atoms with Crippen molar-refractivity contribution in [1.29, 1.82) is 0 Å². The van der Waals surface area contributed by atoms with Crippen molar-refractivity contribution in [2.75, 3.05) is 20.2 Å². The lowest BCUT2D eigenvalue weighted by Crippen LogP contribution is -2.39. The Morgan fingerprint density at radius 2 is 1.97 bits per heavy atom. The van der Waals surface area contributed by atoms with Crippen LogP contribution in [-0.2, 0) is 16.6 Å². The number of piperidine rings is 1. The van der Waals surface area contributed by atoms with E-state index in [2.05, 4.69) is 11.9 Å². The second-order valence-corrected chi connectivity index (χ2v) is 10.9. The molecule has 170 valence electrons. The lowest BCUT2D eigenvalue weighted by molar-refractivity contribution is 0.0997. The largest absolute Gasteiger partial charge is 0.495 e. The van der Waals surface area contributed by atoms with Crippen LogP contribution < -0.4 is 9.54 Å². The van der Waals surface area contributed by atoms with E-state index in [1.165, 1.54) is 39.9 Å². The quantitative estimate of drug-likeness (QED) is 0.563. The molecule has 2 heterocycles. The van der Waals surface area contributed by atoms with E-state index in [4.69, 9.17) is 4.74 Å². The molecule has 0 N–H and O–H groups in total. The number of hydrogen-bond donors (Lipinski definition) is 0. The summed E-state index contributed by atoms with van der Waals surface area (Å²) in [5, 5.41) is 0. The number of nitrogens with zero attached hydrogens (tertiary/aromatic N) is 3. The maximum atomic E-state index is 13.0. The zero-order valence-corrected chi connectivity index (χ0v) is 20.1. The van der Waals surface area contributed by atoms with Crippen LogP contribution in [0.3, 0.4) is 0 Å². The van der Waals surface area contributed by atoms with Crippen molar-refractivity contribution in [3.63, 3.8) is 0 Å². The molecule has 1 fully saturated rings. The summed E-state index contributed by atoms with van der Waals surface area (Å²) in [5.41, 5.74) is 1.26. The Hall–Kier alpha value is -2.49. The molecule has 1 atom stereocenters. The van der Waals surface area contributed by atoms with Crippen molar-refractivity contribution in [1.82, 2.24) is 8.87 Å². The van der Waals surface area contributed by atoms with Gasteiger partial charge in [0.2, 0.25) is 10.0 Å². The first-order chi connectivity index (χ1) is 15.3. The molecule has 1 unspecified atom stereocenters. The third-order valence-electron chi connectivity index (χ3n) is 5.76. The minimum Gasteiger partial charge on any atom is -0.495 e. The van der Waals surface area contributed by atoms with E-state index in [0.29, 0.717) is 35.9 Å². The Labute approximate surface area is 192 Å². The topological polar surface area (TPSA) is 81.0 Å². The fraction of sp³-hybridized carbons (Fsp3) is 0.391. The van der Waals surface area contributed by atoms with Crippen molar-refractivity contribution >= 4 is 37.5 Å². The fourth-order valence-corrected chi connectivity index (χ4v) is 6.78. The molecule has 0 aliphatic carbocycles. The minimum absolute atomic E-state index is 0.207. The van der Waals surface area contributed by atoms with Gasteiger partial charge in [-0.05, 0) is 62.1 Å². The van der Waals surface area contributed by atoms with Crippen LogP contribution in [-0.4, -0.2) is 43.4 Å². The summed E-state index contributed by atoms with van der Waals surface area (Å²) >= 11 is 1.42. The van der Waals surface area contributed by atoms with E-state index in [0.717, 1.165) is 28.8 Å². The molecule has 0 bridgehead atoms.